The number of nitrogens with zero attached hydrogens (tertiary/aromatic N) is 2. The standard InChI is InChI=1S/C20H21N3OS/c1-15-8-9-18(25-2)12-19(15)20(24)21-11-10-16-13-22-23(14-16)17-6-4-3-5-7-17/h3-9,12-14H,10-11H2,1-2H3,(H,21,24). The highest BCUT2D eigenvalue weighted by Gasteiger charge is 2.10. The van der Waals surface area contributed by atoms with Gasteiger partial charge >= 0.3 is 0 Å². The fourth-order valence-corrected chi connectivity index (χ4v) is 3.04. The molecule has 3 aromatic rings. The molecule has 0 unspecified atom stereocenters. The lowest BCUT2D eigenvalue weighted by Crippen LogP contribution is -2.26. The van der Waals surface area contributed by atoms with Crippen LogP contribution in [0, 0.1) is 6.92 Å². The van der Waals surface area contributed by atoms with Crippen molar-refractivity contribution in [2.45, 2.75) is 18.2 Å². The molecule has 3 rings (SSSR count). The van der Waals surface area contributed by atoms with Gasteiger partial charge in [-0.25, -0.2) is 4.68 Å². The summed E-state index contributed by atoms with van der Waals surface area (Å²) in [5.74, 6) is -0.0242. The van der Waals surface area contributed by atoms with Gasteiger partial charge in [0.2, 0.25) is 0 Å². The molecule has 5 heteroatoms. The van der Waals surface area contributed by atoms with Crippen LogP contribution in [0.1, 0.15) is 21.5 Å². The predicted octanol–water partition coefficient (Wildman–Crippen LogP) is 3.88. The van der Waals surface area contributed by atoms with E-state index in [-0.39, 0.29) is 5.91 Å². The summed E-state index contributed by atoms with van der Waals surface area (Å²) in [6.45, 7) is 2.55. The number of nitrogens with one attached hydrogen (secondary N) is 1. The number of carbonyl (C=O) groups excluding carboxylic acids is 1. The van der Waals surface area contributed by atoms with E-state index in [2.05, 4.69) is 10.4 Å². The Morgan fingerprint density at radius 2 is 2.00 bits per heavy atom. The molecular weight excluding hydrogens is 330 g/mol. The normalized spacial score (nSPS) is 10.6. The molecule has 0 saturated carbocycles. The highest BCUT2D eigenvalue weighted by atomic mass is 32.2. The van der Waals surface area contributed by atoms with Crippen molar-refractivity contribution in [2.24, 2.45) is 0 Å². The number of para-hydroxylation sites is 1. The highest BCUT2D eigenvalue weighted by Crippen LogP contribution is 2.19. The molecule has 0 aliphatic carbocycles. The van der Waals surface area contributed by atoms with E-state index >= 15 is 0 Å². The van der Waals surface area contributed by atoms with Crippen molar-refractivity contribution in [3.05, 3.63) is 77.6 Å². The summed E-state index contributed by atoms with van der Waals surface area (Å²) in [6, 6.07) is 16.0. The molecule has 0 radical (unpaired) electrons. The highest BCUT2D eigenvalue weighted by molar-refractivity contribution is 7.98. The van der Waals surface area contributed by atoms with Gasteiger partial charge in [0.1, 0.15) is 0 Å². The van der Waals surface area contributed by atoms with E-state index < -0.39 is 0 Å². The van der Waals surface area contributed by atoms with Crippen molar-refractivity contribution in [2.75, 3.05) is 12.8 Å². The number of thioether (sulfide) groups is 1. The Labute approximate surface area is 152 Å². The average Bonchev–Trinajstić information content (AvgIpc) is 3.11. The molecule has 128 valence electrons. The summed E-state index contributed by atoms with van der Waals surface area (Å²) in [4.78, 5) is 13.5. The Balaban J connectivity index is 1.58. The summed E-state index contributed by atoms with van der Waals surface area (Å²) in [5, 5.41) is 7.38. The van der Waals surface area contributed by atoms with Crippen LogP contribution in [0.4, 0.5) is 0 Å². The Hall–Kier alpha value is -2.53. The third-order valence-corrected chi connectivity index (χ3v) is 4.77. The largest absolute Gasteiger partial charge is 0.352 e. The SMILES string of the molecule is CSc1ccc(C)c(C(=O)NCCc2cnn(-c3ccccc3)c2)c1. The van der Waals surface area contributed by atoms with Gasteiger partial charge in [-0.3, -0.25) is 4.79 Å². The topological polar surface area (TPSA) is 46.9 Å². The Kier molecular flexibility index (Phi) is 5.56. The van der Waals surface area contributed by atoms with E-state index in [9.17, 15) is 4.79 Å². The van der Waals surface area contributed by atoms with Crippen molar-refractivity contribution in [3.8, 4) is 5.69 Å². The number of benzene rings is 2. The maximum atomic E-state index is 12.4. The van der Waals surface area contributed by atoms with Crippen molar-refractivity contribution < 1.29 is 4.79 Å². The number of hydrogen-bond donors (Lipinski definition) is 1. The number of hydrogen-bond acceptors (Lipinski definition) is 3. The molecule has 4 nitrogen and oxygen atoms in total. The minimum absolute atomic E-state index is 0.0242. The second-order valence-electron chi connectivity index (χ2n) is 5.82. The molecule has 0 aliphatic heterocycles. The molecule has 0 bridgehead atoms. The van der Waals surface area contributed by atoms with Gasteiger partial charge in [-0.1, -0.05) is 24.3 Å². The molecule has 0 spiro atoms. The summed E-state index contributed by atoms with van der Waals surface area (Å²) >= 11 is 1.64. The summed E-state index contributed by atoms with van der Waals surface area (Å²) < 4.78 is 1.85. The zero-order valence-electron chi connectivity index (χ0n) is 14.4. The van der Waals surface area contributed by atoms with Crippen molar-refractivity contribution >= 4 is 17.7 Å². The molecule has 1 N–H and O–H groups in total. The van der Waals surface area contributed by atoms with Crippen LogP contribution >= 0.6 is 11.8 Å². The van der Waals surface area contributed by atoms with Gasteiger partial charge in [-0.15, -0.1) is 11.8 Å². The molecule has 1 aromatic heterocycles. The number of amides is 1. The van der Waals surface area contributed by atoms with Crippen LogP contribution in [0.5, 0.6) is 0 Å². The predicted molar refractivity (Wildman–Crippen MR) is 103 cm³/mol. The molecule has 1 amide bonds. The van der Waals surface area contributed by atoms with Crippen LogP contribution in [0.25, 0.3) is 5.69 Å². The first-order chi connectivity index (χ1) is 12.2. The molecule has 1 heterocycles. The lowest BCUT2D eigenvalue weighted by atomic mass is 10.1. The van der Waals surface area contributed by atoms with Crippen molar-refractivity contribution in [3.63, 3.8) is 0 Å². The quantitative estimate of drug-likeness (QED) is 0.686. The number of carbonyl (C=O) groups is 1. The van der Waals surface area contributed by atoms with Crippen LogP contribution < -0.4 is 5.32 Å². The van der Waals surface area contributed by atoms with Gasteiger partial charge in [-0.05, 0) is 55.0 Å². The van der Waals surface area contributed by atoms with Crippen LogP contribution in [0.15, 0.2) is 65.8 Å². The van der Waals surface area contributed by atoms with Crippen molar-refractivity contribution in [1.29, 1.82) is 0 Å². The second-order valence-corrected chi connectivity index (χ2v) is 6.70. The fraction of sp³-hybridized carbons (Fsp3) is 0.200. The van der Waals surface area contributed by atoms with Crippen LogP contribution in [0.3, 0.4) is 0 Å². The van der Waals surface area contributed by atoms with E-state index in [0.717, 1.165) is 33.7 Å². The van der Waals surface area contributed by atoms with Crippen LogP contribution in [0.2, 0.25) is 0 Å². The summed E-state index contributed by atoms with van der Waals surface area (Å²) in [5.41, 5.74) is 3.86. The minimum Gasteiger partial charge on any atom is -0.352 e. The minimum atomic E-state index is -0.0242. The molecule has 2 aromatic carbocycles. The molecule has 25 heavy (non-hydrogen) atoms. The average molecular weight is 351 g/mol. The summed E-state index contributed by atoms with van der Waals surface area (Å²) in [7, 11) is 0. The van der Waals surface area contributed by atoms with E-state index in [1.54, 1.807) is 11.8 Å². The molecule has 0 atom stereocenters. The van der Waals surface area contributed by atoms with E-state index in [4.69, 9.17) is 0 Å². The fourth-order valence-electron chi connectivity index (χ4n) is 2.60. The first-order valence-corrected chi connectivity index (χ1v) is 9.41. The van der Waals surface area contributed by atoms with Crippen LogP contribution in [-0.2, 0) is 6.42 Å². The smallest absolute Gasteiger partial charge is 0.251 e. The van der Waals surface area contributed by atoms with E-state index in [1.165, 1.54) is 0 Å². The lowest BCUT2D eigenvalue weighted by molar-refractivity contribution is 0.0953. The number of aryl methyl sites for hydroxylation is 1. The zero-order valence-corrected chi connectivity index (χ0v) is 15.2. The Morgan fingerprint density at radius 3 is 2.76 bits per heavy atom. The van der Waals surface area contributed by atoms with Gasteiger partial charge in [0.15, 0.2) is 0 Å². The number of aromatic nitrogens is 2. The lowest BCUT2D eigenvalue weighted by Gasteiger charge is -2.08. The first kappa shape index (κ1) is 17.3. The third kappa shape index (κ3) is 4.31. The van der Waals surface area contributed by atoms with E-state index in [0.29, 0.717) is 6.54 Å². The van der Waals surface area contributed by atoms with E-state index in [1.807, 2.05) is 78.8 Å². The molecule has 0 saturated heterocycles. The van der Waals surface area contributed by atoms with Gasteiger partial charge in [-0.2, -0.15) is 5.10 Å². The maximum Gasteiger partial charge on any atom is 0.251 e. The third-order valence-electron chi connectivity index (χ3n) is 4.05. The number of rotatable bonds is 6. The molecular formula is C20H21N3OS. The van der Waals surface area contributed by atoms with Gasteiger partial charge in [0.05, 0.1) is 11.9 Å². The Bertz CT molecular complexity index is 858. The zero-order chi connectivity index (χ0) is 17.6. The summed E-state index contributed by atoms with van der Waals surface area (Å²) in [6.07, 6.45) is 6.61. The van der Waals surface area contributed by atoms with Crippen LogP contribution in [-0.4, -0.2) is 28.5 Å². The molecule has 0 aliphatic rings. The molecule has 0 fully saturated rings. The van der Waals surface area contributed by atoms with Gasteiger partial charge < -0.3 is 5.32 Å². The maximum absolute atomic E-state index is 12.4. The second kappa shape index (κ2) is 8.03. The Morgan fingerprint density at radius 1 is 1.20 bits per heavy atom. The van der Waals surface area contributed by atoms with Crippen molar-refractivity contribution in [1.82, 2.24) is 15.1 Å². The van der Waals surface area contributed by atoms with Gasteiger partial charge in [0.25, 0.3) is 5.91 Å². The first-order valence-electron chi connectivity index (χ1n) is 8.19. The van der Waals surface area contributed by atoms with Gasteiger partial charge in [0, 0.05) is 23.2 Å². The monoisotopic (exact) mass is 351 g/mol.